The van der Waals surface area contributed by atoms with Gasteiger partial charge in [-0.05, 0) is 56.3 Å². The molecule has 2 aliphatic rings. The number of fused-ring (bicyclic) bond motifs is 1. The predicted molar refractivity (Wildman–Crippen MR) is 74.5 cm³/mol. The number of nitrogens with one attached hydrogen (secondary N) is 1. The Morgan fingerprint density at radius 1 is 1.11 bits per heavy atom. The quantitative estimate of drug-likeness (QED) is 0.869. The highest BCUT2D eigenvalue weighted by Gasteiger charge is 2.18. The first kappa shape index (κ1) is 12.8. The summed E-state index contributed by atoms with van der Waals surface area (Å²) in [5, 5.41) is 3.63. The highest BCUT2D eigenvalue weighted by Crippen LogP contribution is 2.32. The third kappa shape index (κ3) is 3.19. The monoisotopic (exact) mass is 262 g/mol. The van der Waals surface area contributed by atoms with Crippen LogP contribution in [-0.2, 0) is 6.42 Å². The molecule has 0 aromatic heterocycles. The van der Waals surface area contributed by atoms with Crippen LogP contribution in [-0.4, -0.2) is 25.4 Å². The van der Waals surface area contributed by atoms with Crippen molar-refractivity contribution in [2.45, 2.75) is 44.2 Å². The molecule has 1 saturated carbocycles. The third-order valence-corrected chi connectivity index (χ3v) is 4.06. The number of benzene rings is 1. The van der Waals surface area contributed by atoms with Crippen molar-refractivity contribution in [3.05, 3.63) is 23.8 Å². The molecule has 1 aliphatic carbocycles. The molecule has 0 bridgehead atoms. The lowest BCUT2D eigenvalue weighted by Crippen LogP contribution is -2.38. The minimum absolute atomic E-state index is 0.347. The average Bonchev–Trinajstić information content (AvgIpc) is 2.88. The highest BCUT2D eigenvalue weighted by atomic mass is 16.7. The summed E-state index contributed by atoms with van der Waals surface area (Å²) in [4.78, 5) is 0. The summed E-state index contributed by atoms with van der Waals surface area (Å²) in [6.45, 7) is 1.36. The van der Waals surface area contributed by atoms with E-state index in [1.807, 2.05) is 6.07 Å². The predicted octanol–water partition coefficient (Wildman–Crippen LogP) is 1.82. The van der Waals surface area contributed by atoms with Crippen LogP contribution < -0.4 is 20.5 Å². The number of hydrogen-bond acceptors (Lipinski definition) is 4. The Morgan fingerprint density at radius 2 is 1.89 bits per heavy atom. The standard InChI is InChI=1S/C15H22N2O2/c16-12-2-4-13(5-3-12)17-8-7-11-1-6-14-15(9-11)19-10-18-14/h1,6,9,12-13,17H,2-5,7-8,10,16H2. The fraction of sp³-hybridized carbons (Fsp3) is 0.600. The molecule has 104 valence electrons. The molecule has 1 fully saturated rings. The zero-order valence-electron chi connectivity index (χ0n) is 11.2. The summed E-state index contributed by atoms with van der Waals surface area (Å²) >= 11 is 0. The average molecular weight is 262 g/mol. The molecule has 0 atom stereocenters. The van der Waals surface area contributed by atoms with Crippen molar-refractivity contribution in [1.29, 1.82) is 0 Å². The van der Waals surface area contributed by atoms with Gasteiger partial charge in [0.25, 0.3) is 0 Å². The lowest BCUT2D eigenvalue weighted by atomic mass is 9.92. The Morgan fingerprint density at radius 3 is 2.74 bits per heavy atom. The zero-order chi connectivity index (χ0) is 13.1. The first-order valence-electron chi connectivity index (χ1n) is 7.19. The maximum atomic E-state index is 5.92. The number of ether oxygens (including phenoxy) is 2. The van der Waals surface area contributed by atoms with Gasteiger partial charge >= 0.3 is 0 Å². The first-order valence-corrected chi connectivity index (χ1v) is 7.19. The van der Waals surface area contributed by atoms with E-state index in [9.17, 15) is 0 Å². The molecular formula is C15H22N2O2. The molecule has 0 spiro atoms. The van der Waals surface area contributed by atoms with Gasteiger partial charge in [0.1, 0.15) is 0 Å². The molecule has 1 aromatic rings. The lowest BCUT2D eigenvalue weighted by molar-refractivity contribution is 0.174. The Kier molecular flexibility index (Phi) is 3.89. The zero-order valence-corrected chi connectivity index (χ0v) is 11.2. The second-order valence-electron chi connectivity index (χ2n) is 5.50. The van der Waals surface area contributed by atoms with Crippen molar-refractivity contribution in [3.8, 4) is 11.5 Å². The van der Waals surface area contributed by atoms with Crippen molar-refractivity contribution in [2.75, 3.05) is 13.3 Å². The molecule has 0 amide bonds. The largest absolute Gasteiger partial charge is 0.454 e. The normalized spacial score (nSPS) is 25.5. The van der Waals surface area contributed by atoms with E-state index < -0.39 is 0 Å². The van der Waals surface area contributed by atoms with Crippen LogP contribution in [0.2, 0.25) is 0 Å². The SMILES string of the molecule is NC1CCC(NCCc2ccc3c(c2)OCO3)CC1. The number of rotatable bonds is 4. The van der Waals surface area contributed by atoms with Gasteiger partial charge in [-0.3, -0.25) is 0 Å². The Labute approximate surface area is 114 Å². The first-order chi connectivity index (χ1) is 9.31. The van der Waals surface area contributed by atoms with E-state index in [4.69, 9.17) is 15.2 Å². The molecule has 4 heteroatoms. The molecule has 0 saturated heterocycles. The molecule has 3 rings (SSSR count). The highest BCUT2D eigenvalue weighted by molar-refractivity contribution is 5.44. The molecule has 4 nitrogen and oxygen atoms in total. The summed E-state index contributed by atoms with van der Waals surface area (Å²) < 4.78 is 10.7. The second-order valence-corrected chi connectivity index (χ2v) is 5.50. The minimum Gasteiger partial charge on any atom is -0.454 e. The summed E-state index contributed by atoms with van der Waals surface area (Å²) in [5.41, 5.74) is 7.21. The van der Waals surface area contributed by atoms with Crippen LogP contribution in [0.3, 0.4) is 0 Å². The van der Waals surface area contributed by atoms with E-state index in [1.165, 1.54) is 18.4 Å². The van der Waals surface area contributed by atoms with Gasteiger partial charge in [0.2, 0.25) is 6.79 Å². The van der Waals surface area contributed by atoms with Crippen LogP contribution in [0, 0.1) is 0 Å². The summed E-state index contributed by atoms with van der Waals surface area (Å²) in [7, 11) is 0. The molecule has 1 aromatic carbocycles. The molecule has 0 radical (unpaired) electrons. The van der Waals surface area contributed by atoms with E-state index in [-0.39, 0.29) is 0 Å². The van der Waals surface area contributed by atoms with Crippen molar-refractivity contribution in [2.24, 2.45) is 5.73 Å². The summed E-state index contributed by atoms with van der Waals surface area (Å²) in [6, 6.07) is 7.27. The van der Waals surface area contributed by atoms with Crippen LogP contribution in [0.25, 0.3) is 0 Å². The van der Waals surface area contributed by atoms with E-state index in [0.29, 0.717) is 18.9 Å². The fourth-order valence-electron chi connectivity index (χ4n) is 2.84. The summed E-state index contributed by atoms with van der Waals surface area (Å²) in [6.07, 6.45) is 5.76. The van der Waals surface area contributed by atoms with Crippen LogP contribution in [0.5, 0.6) is 11.5 Å². The maximum absolute atomic E-state index is 5.92. The fourth-order valence-corrected chi connectivity index (χ4v) is 2.84. The molecule has 19 heavy (non-hydrogen) atoms. The van der Waals surface area contributed by atoms with Gasteiger partial charge in [-0.15, -0.1) is 0 Å². The van der Waals surface area contributed by atoms with Gasteiger partial charge in [0, 0.05) is 12.1 Å². The van der Waals surface area contributed by atoms with Crippen LogP contribution in [0.4, 0.5) is 0 Å². The smallest absolute Gasteiger partial charge is 0.231 e. The van der Waals surface area contributed by atoms with Gasteiger partial charge < -0.3 is 20.5 Å². The number of hydrogen-bond donors (Lipinski definition) is 2. The maximum Gasteiger partial charge on any atom is 0.231 e. The van der Waals surface area contributed by atoms with Crippen molar-refractivity contribution in [1.82, 2.24) is 5.32 Å². The number of nitrogens with two attached hydrogens (primary N) is 1. The molecular weight excluding hydrogens is 240 g/mol. The Hall–Kier alpha value is -1.26. The van der Waals surface area contributed by atoms with Crippen LogP contribution in [0.1, 0.15) is 31.2 Å². The summed E-state index contributed by atoms with van der Waals surface area (Å²) in [5.74, 6) is 1.74. The van der Waals surface area contributed by atoms with Gasteiger partial charge in [-0.25, -0.2) is 0 Å². The van der Waals surface area contributed by atoms with Gasteiger partial charge in [0.05, 0.1) is 0 Å². The van der Waals surface area contributed by atoms with Crippen LogP contribution >= 0.6 is 0 Å². The van der Waals surface area contributed by atoms with Crippen molar-refractivity contribution < 1.29 is 9.47 Å². The van der Waals surface area contributed by atoms with E-state index in [1.54, 1.807) is 0 Å². The van der Waals surface area contributed by atoms with Crippen molar-refractivity contribution >= 4 is 0 Å². The molecule has 0 unspecified atom stereocenters. The van der Waals surface area contributed by atoms with Gasteiger partial charge in [-0.2, -0.15) is 0 Å². The third-order valence-electron chi connectivity index (χ3n) is 4.06. The van der Waals surface area contributed by atoms with Crippen molar-refractivity contribution in [3.63, 3.8) is 0 Å². The van der Waals surface area contributed by atoms with E-state index in [0.717, 1.165) is 37.3 Å². The molecule has 1 heterocycles. The Bertz CT molecular complexity index is 428. The van der Waals surface area contributed by atoms with Gasteiger partial charge in [-0.1, -0.05) is 6.07 Å². The van der Waals surface area contributed by atoms with E-state index >= 15 is 0 Å². The lowest BCUT2D eigenvalue weighted by Gasteiger charge is -2.26. The molecule has 3 N–H and O–H groups in total. The van der Waals surface area contributed by atoms with Crippen LogP contribution in [0.15, 0.2) is 18.2 Å². The molecule has 1 aliphatic heterocycles. The van der Waals surface area contributed by atoms with Gasteiger partial charge in [0.15, 0.2) is 11.5 Å². The Balaban J connectivity index is 1.45. The van der Waals surface area contributed by atoms with E-state index in [2.05, 4.69) is 17.4 Å². The topological polar surface area (TPSA) is 56.5 Å². The minimum atomic E-state index is 0.347. The second kappa shape index (κ2) is 5.80.